The van der Waals surface area contributed by atoms with Gasteiger partial charge in [0.2, 0.25) is 18.3 Å². The molecule has 16 heteroatoms. The number of aromatic nitrogens is 1. The molecule has 2 rings (SSSR count). The molecule has 4 atom stereocenters. The molecule has 2 heterocycles. The van der Waals surface area contributed by atoms with Gasteiger partial charge in [-0.15, -0.1) is 0 Å². The van der Waals surface area contributed by atoms with E-state index >= 15 is 0 Å². The van der Waals surface area contributed by atoms with Crippen molar-refractivity contribution in [3.63, 3.8) is 0 Å². The van der Waals surface area contributed by atoms with E-state index in [4.69, 9.17) is 73.1 Å². The zero-order chi connectivity index (χ0) is 28.3. The van der Waals surface area contributed by atoms with Gasteiger partial charge < -0.3 is 33.5 Å². The Hall–Kier alpha value is -2.87. The molecular weight excluding hydrogens is 565 g/mol. The lowest BCUT2D eigenvalue weighted by Gasteiger charge is -2.39. The quantitative estimate of drug-likeness (QED) is 0.267. The SMILES string of the molecule is CC(=O)O.CC(=O)OCC1CC(OC(C)=O)C(OC(C)=O)C(OC(=O)COc2nc(Cl)c(Cl)cc2Cl)O1. The Labute approximate surface area is 226 Å². The largest absolute Gasteiger partial charge is 0.481 e. The number of carboxylic acids is 1. The standard InChI is InChI=1S/C19H20Cl3NO10.C2H4O2/c1-8(24)28-6-11-4-14(30-9(2)25)16(31-10(3)26)19(32-11)33-15(27)7-29-18-13(21)5-12(20)17(22)23-18;1-2(3)4/h5,11,14,16,19H,4,6-7H2,1-3H3;1H3,(H,3,4). The van der Waals surface area contributed by atoms with Gasteiger partial charge in [-0.25, -0.2) is 4.79 Å². The van der Waals surface area contributed by atoms with Crippen LogP contribution in [0.3, 0.4) is 0 Å². The molecule has 1 saturated heterocycles. The first kappa shape index (κ1) is 32.2. The maximum Gasteiger partial charge on any atom is 0.346 e. The van der Waals surface area contributed by atoms with Gasteiger partial charge in [0.15, 0.2) is 11.8 Å². The van der Waals surface area contributed by atoms with Crippen molar-refractivity contribution in [3.8, 4) is 5.88 Å². The smallest absolute Gasteiger partial charge is 0.346 e. The number of pyridine rings is 1. The molecule has 13 nitrogen and oxygen atoms in total. The van der Waals surface area contributed by atoms with Gasteiger partial charge in [-0.2, -0.15) is 4.98 Å². The minimum absolute atomic E-state index is 0.000253. The van der Waals surface area contributed by atoms with Crippen LogP contribution in [0.5, 0.6) is 5.88 Å². The molecule has 4 unspecified atom stereocenters. The van der Waals surface area contributed by atoms with Crippen molar-refractivity contribution in [3.05, 3.63) is 21.3 Å². The summed E-state index contributed by atoms with van der Waals surface area (Å²) in [6.07, 6.45) is -4.63. The monoisotopic (exact) mass is 587 g/mol. The van der Waals surface area contributed by atoms with Crippen LogP contribution in [0.15, 0.2) is 6.07 Å². The number of esters is 4. The molecule has 1 fully saturated rings. The summed E-state index contributed by atoms with van der Waals surface area (Å²) in [7, 11) is 0. The Kier molecular flexibility index (Phi) is 13.4. The summed E-state index contributed by atoms with van der Waals surface area (Å²) in [6, 6.07) is 1.28. The molecule has 1 aliphatic heterocycles. The number of nitrogens with zero attached hydrogens (tertiary/aromatic N) is 1. The maximum atomic E-state index is 12.4. The molecule has 0 aromatic carbocycles. The van der Waals surface area contributed by atoms with Gasteiger partial charge in [-0.3, -0.25) is 19.2 Å². The van der Waals surface area contributed by atoms with E-state index in [-0.39, 0.29) is 34.1 Å². The van der Waals surface area contributed by atoms with Crippen LogP contribution in [-0.2, 0) is 47.7 Å². The fourth-order valence-electron chi connectivity index (χ4n) is 2.78. The summed E-state index contributed by atoms with van der Waals surface area (Å²) in [5, 5.41) is 7.42. The van der Waals surface area contributed by atoms with Crippen LogP contribution >= 0.6 is 34.8 Å². The molecule has 0 saturated carbocycles. The molecule has 37 heavy (non-hydrogen) atoms. The Morgan fingerprint density at radius 3 is 2.11 bits per heavy atom. The molecule has 1 aliphatic rings. The molecular formula is C21H24Cl3NO12. The fraction of sp³-hybridized carbons (Fsp3) is 0.524. The van der Waals surface area contributed by atoms with E-state index in [0.29, 0.717) is 0 Å². The zero-order valence-corrected chi connectivity index (χ0v) is 22.3. The fourth-order valence-corrected chi connectivity index (χ4v) is 3.32. The van der Waals surface area contributed by atoms with E-state index in [1.54, 1.807) is 0 Å². The summed E-state index contributed by atoms with van der Waals surface area (Å²) < 4.78 is 31.4. The Morgan fingerprint density at radius 1 is 0.973 bits per heavy atom. The van der Waals surface area contributed by atoms with Crippen molar-refractivity contribution in [1.29, 1.82) is 0 Å². The first-order chi connectivity index (χ1) is 17.2. The molecule has 0 amide bonds. The van der Waals surface area contributed by atoms with Gasteiger partial charge in [0.05, 0.1) is 11.1 Å². The second kappa shape index (κ2) is 15.4. The second-order valence-electron chi connectivity index (χ2n) is 7.23. The first-order valence-corrected chi connectivity index (χ1v) is 11.5. The first-order valence-electron chi connectivity index (χ1n) is 10.4. The summed E-state index contributed by atoms with van der Waals surface area (Å²) in [6.45, 7) is 3.67. The molecule has 1 N–H and O–H groups in total. The van der Waals surface area contributed by atoms with Gasteiger partial charge in [0.25, 0.3) is 5.97 Å². The number of carbonyl (C=O) groups is 5. The number of ether oxygens (including phenoxy) is 6. The summed E-state index contributed by atoms with van der Waals surface area (Å²) in [5.74, 6) is -3.94. The van der Waals surface area contributed by atoms with Crippen molar-refractivity contribution in [2.45, 2.75) is 58.7 Å². The van der Waals surface area contributed by atoms with E-state index in [2.05, 4.69) is 4.98 Å². The third-order valence-electron chi connectivity index (χ3n) is 3.98. The van der Waals surface area contributed by atoms with Crippen molar-refractivity contribution in [1.82, 2.24) is 4.98 Å². The second-order valence-corrected chi connectivity index (χ2v) is 8.40. The predicted octanol–water partition coefficient (Wildman–Crippen LogP) is 2.60. The summed E-state index contributed by atoms with van der Waals surface area (Å²) in [4.78, 5) is 59.4. The van der Waals surface area contributed by atoms with Crippen LogP contribution in [0.1, 0.15) is 34.1 Å². The molecule has 0 aliphatic carbocycles. The van der Waals surface area contributed by atoms with E-state index in [0.717, 1.165) is 20.8 Å². The number of hydrogen-bond acceptors (Lipinski definition) is 12. The predicted molar refractivity (Wildman–Crippen MR) is 125 cm³/mol. The average molecular weight is 589 g/mol. The van der Waals surface area contributed by atoms with Crippen molar-refractivity contribution in [2.24, 2.45) is 0 Å². The maximum absolute atomic E-state index is 12.4. The number of rotatable bonds is 8. The summed E-state index contributed by atoms with van der Waals surface area (Å²) in [5.41, 5.74) is 0. The lowest BCUT2D eigenvalue weighted by Crippen LogP contribution is -2.54. The highest BCUT2D eigenvalue weighted by Gasteiger charge is 2.45. The van der Waals surface area contributed by atoms with Gasteiger partial charge in [-0.05, 0) is 6.07 Å². The number of aliphatic carboxylic acids is 1. The van der Waals surface area contributed by atoms with E-state index in [9.17, 15) is 19.2 Å². The third kappa shape index (κ3) is 12.3. The average Bonchev–Trinajstić information content (AvgIpc) is 2.75. The lowest BCUT2D eigenvalue weighted by molar-refractivity contribution is -0.272. The van der Waals surface area contributed by atoms with Gasteiger partial charge in [0.1, 0.15) is 17.7 Å². The van der Waals surface area contributed by atoms with Crippen LogP contribution in [-0.4, -0.2) is 77.8 Å². The van der Waals surface area contributed by atoms with Gasteiger partial charge >= 0.3 is 23.9 Å². The van der Waals surface area contributed by atoms with Crippen LogP contribution in [0.25, 0.3) is 0 Å². The molecule has 1 aromatic heterocycles. The molecule has 0 bridgehead atoms. The molecule has 206 valence electrons. The molecule has 0 spiro atoms. The minimum Gasteiger partial charge on any atom is -0.481 e. The van der Waals surface area contributed by atoms with Gasteiger partial charge in [0, 0.05) is 34.1 Å². The number of carbonyl (C=O) groups excluding carboxylic acids is 4. The Balaban J connectivity index is 0.00000159. The van der Waals surface area contributed by atoms with Crippen LogP contribution in [0.4, 0.5) is 0 Å². The third-order valence-corrected chi connectivity index (χ3v) is 4.92. The highest BCUT2D eigenvalue weighted by atomic mass is 35.5. The zero-order valence-electron chi connectivity index (χ0n) is 20.0. The number of halogens is 3. The van der Waals surface area contributed by atoms with Gasteiger partial charge in [-0.1, -0.05) is 34.8 Å². The van der Waals surface area contributed by atoms with Crippen LogP contribution in [0.2, 0.25) is 15.2 Å². The molecule has 0 radical (unpaired) electrons. The number of carboxylic acid groups (broad SMARTS) is 1. The van der Waals surface area contributed by atoms with Crippen LogP contribution < -0.4 is 4.74 Å². The highest BCUT2D eigenvalue weighted by Crippen LogP contribution is 2.31. The minimum atomic E-state index is -1.50. The topological polar surface area (TPSA) is 174 Å². The van der Waals surface area contributed by atoms with Crippen molar-refractivity contribution >= 4 is 64.6 Å². The Morgan fingerprint density at radius 2 is 1.57 bits per heavy atom. The van der Waals surface area contributed by atoms with Crippen molar-refractivity contribution in [2.75, 3.05) is 13.2 Å². The summed E-state index contributed by atoms with van der Waals surface area (Å²) >= 11 is 17.5. The number of hydrogen-bond donors (Lipinski definition) is 1. The normalized spacial score (nSPS) is 20.4. The Bertz CT molecular complexity index is 1000. The highest BCUT2D eigenvalue weighted by molar-refractivity contribution is 6.42. The van der Waals surface area contributed by atoms with E-state index in [1.807, 2.05) is 0 Å². The van der Waals surface area contributed by atoms with E-state index in [1.165, 1.54) is 13.0 Å². The molecule has 1 aromatic rings. The van der Waals surface area contributed by atoms with E-state index < -0.39 is 61.1 Å². The lowest BCUT2D eigenvalue weighted by atomic mass is 10.0. The van der Waals surface area contributed by atoms with Crippen LogP contribution in [0, 0.1) is 0 Å². The van der Waals surface area contributed by atoms with Crippen molar-refractivity contribution < 1.29 is 57.5 Å².